The third-order valence-electron chi connectivity index (χ3n) is 6.17. The molecule has 2 atom stereocenters. The average Bonchev–Trinajstić information content (AvgIpc) is 3.37. The van der Waals surface area contributed by atoms with Crippen LogP contribution in [0.5, 0.6) is 0 Å². The molecule has 0 bridgehead atoms. The van der Waals surface area contributed by atoms with E-state index in [1.54, 1.807) is 30.2 Å². The average molecular weight is 442 g/mol. The van der Waals surface area contributed by atoms with E-state index < -0.39 is 11.6 Å². The number of benzene rings is 2. The fourth-order valence-corrected chi connectivity index (χ4v) is 4.51. The lowest BCUT2D eigenvalue weighted by atomic mass is 10.0. The Labute approximate surface area is 184 Å². The zero-order chi connectivity index (χ0) is 23.0. The van der Waals surface area contributed by atoms with E-state index in [1.807, 2.05) is 13.8 Å². The van der Waals surface area contributed by atoms with Gasteiger partial charge in [-0.25, -0.2) is 18.2 Å². The first kappa shape index (κ1) is 22.0. The molecule has 0 radical (unpaired) electrons. The smallest absolute Gasteiger partial charge is 0.254 e. The van der Waals surface area contributed by atoms with Gasteiger partial charge in [-0.15, -0.1) is 0 Å². The Hall–Kier alpha value is -3.16. The number of hydrogen-bond donors (Lipinski definition) is 0. The number of fused-ring (bicyclic) bond motifs is 2. The summed E-state index contributed by atoms with van der Waals surface area (Å²) < 4.78 is 40.7. The number of nitrogens with zero attached hydrogens (tertiary/aromatic N) is 4. The lowest BCUT2D eigenvalue weighted by Crippen LogP contribution is -2.34. The normalized spacial score (nSPS) is 19.7. The molecule has 1 aromatic heterocycles. The summed E-state index contributed by atoms with van der Waals surface area (Å²) in [7, 11) is 0. The van der Waals surface area contributed by atoms with Crippen molar-refractivity contribution in [3.63, 3.8) is 0 Å². The van der Waals surface area contributed by atoms with Gasteiger partial charge in [-0.05, 0) is 24.6 Å². The molecule has 8 heteroatoms. The Kier molecular flexibility index (Phi) is 6.04. The van der Waals surface area contributed by atoms with Gasteiger partial charge in [-0.2, -0.15) is 0 Å². The molecule has 5 rings (SSSR count). The van der Waals surface area contributed by atoms with Gasteiger partial charge in [0, 0.05) is 55.7 Å². The van der Waals surface area contributed by atoms with Crippen molar-refractivity contribution in [1.29, 1.82) is 0 Å². The number of hydrogen-bond acceptors (Lipinski definition) is 4. The molecular weight excluding hydrogens is 417 g/mol. The molecule has 1 amide bonds. The van der Waals surface area contributed by atoms with Crippen molar-refractivity contribution >= 4 is 22.8 Å². The zero-order valence-corrected chi connectivity index (χ0v) is 18.3. The lowest BCUT2D eigenvalue weighted by Gasteiger charge is -2.23. The maximum absolute atomic E-state index is 13.8. The molecule has 32 heavy (non-hydrogen) atoms. The first-order valence-electron chi connectivity index (χ1n) is 10.8. The van der Waals surface area contributed by atoms with Gasteiger partial charge >= 0.3 is 0 Å². The molecule has 0 spiro atoms. The highest BCUT2D eigenvalue weighted by Gasteiger charge is 2.42. The van der Waals surface area contributed by atoms with Gasteiger partial charge in [0.05, 0.1) is 17.2 Å². The Balaban J connectivity index is 0.00000119. The Morgan fingerprint density at radius 3 is 2.22 bits per heavy atom. The van der Waals surface area contributed by atoms with E-state index in [9.17, 15) is 18.0 Å². The van der Waals surface area contributed by atoms with Crippen LogP contribution in [0.2, 0.25) is 0 Å². The molecule has 0 aliphatic carbocycles. The van der Waals surface area contributed by atoms with Crippen LogP contribution in [-0.4, -0.2) is 47.0 Å². The molecular formula is C24H25F3N4O. The molecule has 2 aliphatic rings. The van der Waals surface area contributed by atoms with Crippen LogP contribution in [0.3, 0.4) is 0 Å². The number of rotatable bonds is 2. The highest BCUT2D eigenvalue weighted by Crippen LogP contribution is 2.34. The summed E-state index contributed by atoms with van der Waals surface area (Å²) in [5.74, 6) is -1.27. The Morgan fingerprint density at radius 1 is 0.938 bits per heavy atom. The number of anilines is 1. The third-order valence-corrected chi connectivity index (χ3v) is 6.17. The van der Waals surface area contributed by atoms with E-state index >= 15 is 0 Å². The third kappa shape index (κ3) is 3.89. The van der Waals surface area contributed by atoms with Crippen molar-refractivity contribution in [2.45, 2.75) is 20.8 Å². The summed E-state index contributed by atoms with van der Waals surface area (Å²) in [6.45, 7) is 8.20. The van der Waals surface area contributed by atoms with Crippen molar-refractivity contribution in [2.75, 3.05) is 31.1 Å². The Bertz CT molecular complexity index is 1160. The van der Waals surface area contributed by atoms with Crippen LogP contribution in [-0.2, 0) is 0 Å². The minimum absolute atomic E-state index is 0.143. The summed E-state index contributed by atoms with van der Waals surface area (Å²) in [6, 6.07) is 6.67. The van der Waals surface area contributed by atoms with E-state index in [1.165, 1.54) is 6.07 Å². The number of carbonyl (C=O) groups excluding carboxylic acids is 1. The molecule has 2 aromatic carbocycles. The van der Waals surface area contributed by atoms with Crippen LogP contribution >= 0.6 is 0 Å². The van der Waals surface area contributed by atoms with Gasteiger partial charge in [0.2, 0.25) is 0 Å². The molecule has 2 unspecified atom stereocenters. The molecule has 0 N–H and O–H groups in total. The van der Waals surface area contributed by atoms with E-state index in [-0.39, 0.29) is 23.6 Å². The highest BCUT2D eigenvalue weighted by atomic mass is 19.2. The van der Waals surface area contributed by atoms with E-state index in [4.69, 9.17) is 0 Å². The molecule has 2 aliphatic heterocycles. The second kappa shape index (κ2) is 8.76. The van der Waals surface area contributed by atoms with Crippen LogP contribution in [0.4, 0.5) is 19.0 Å². The molecule has 168 valence electrons. The van der Waals surface area contributed by atoms with E-state index in [0.29, 0.717) is 54.2 Å². The highest BCUT2D eigenvalue weighted by molar-refractivity contribution is 5.96. The summed E-state index contributed by atoms with van der Waals surface area (Å²) in [5.41, 5.74) is 1.39. The zero-order valence-electron chi connectivity index (χ0n) is 18.3. The summed E-state index contributed by atoms with van der Waals surface area (Å²) in [5, 5.41) is 0. The number of amides is 1. The molecule has 2 saturated heterocycles. The molecule has 2 fully saturated rings. The van der Waals surface area contributed by atoms with Gasteiger partial charge in [-0.3, -0.25) is 9.78 Å². The van der Waals surface area contributed by atoms with Crippen LogP contribution in [0.1, 0.15) is 29.8 Å². The summed E-state index contributed by atoms with van der Waals surface area (Å²) in [6.07, 6.45) is 1.57. The molecule has 3 aromatic rings. The van der Waals surface area contributed by atoms with E-state index in [0.717, 1.165) is 12.1 Å². The largest absolute Gasteiger partial charge is 0.355 e. The fraction of sp³-hybridized carbons (Fsp3) is 0.375. The van der Waals surface area contributed by atoms with Crippen LogP contribution in [0.25, 0.3) is 11.0 Å². The SMILES string of the molecule is CC.Cc1c(F)cccc1C(=O)N1CC2CN(c3cnc4cc(F)c(F)cc4n3)CC2C1. The van der Waals surface area contributed by atoms with Crippen molar-refractivity contribution in [2.24, 2.45) is 11.8 Å². The number of carbonyl (C=O) groups is 1. The van der Waals surface area contributed by atoms with Crippen LogP contribution in [0.15, 0.2) is 36.5 Å². The quantitative estimate of drug-likeness (QED) is 0.583. The van der Waals surface area contributed by atoms with Crippen molar-refractivity contribution in [1.82, 2.24) is 14.9 Å². The van der Waals surface area contributed by atoms with Crippen LogP contribution in [0, 0.1) is 36.2 Å². The van der Waals surface area contributed by atoms with Crippen molar-refractivity contribution in [3.8, 4) is 0 Å². The lowest BCUT2D eigenvalue weighted by molar-refractivity contribution is 0.0781. The van der Waals surface area contributed by atoms with E-state index in [2.05, 4.69) is 14.9 Å². The molecule has 5 nitrogen and oxygen atoms in total. The van der Waals surface area contributed by atoms with Gasteiger partial charge in [0.1, 0.15) is 11.6 Å². The summed E-state index contributed by atoms with van der Waals surface area (Å²) >= 11 is 0. The second-order valence-electron chi connectivity index (χ2n) is 8.03. The van der Waals surface area contributed by atoms with Gasteiger partial charge in [0.15, 0.2) is 11.6 Å². The molecule has 3 heterocycles. The number of aromatic nitrogens is 2. The van der Waals surface area contributed by atoms with Gasteiger partial charge < -0.3 is 9.80 Å². The van der Waals surface area contributed by atoms with Gasteiger partial charge in [0.25, 0.3) is 5.91 Å². The fourth-order valence-electron chi connectivity index (χ4n) is 4.51. The topological polar surface area (TPSA) is 49.3 Å². The van der Waals surface area contributed by atoms with Crippen molar-refractivity contribution in [3.05, 3.63) is 65.1 Å². The van der Waals surface area contributed by atoms with Gasteiger partial charge in [-0.1, -0.05) is 19.9 Å². The molecule has 0 saturated carbocycles. The standard InChI is InChI=1S/C22H19F3N4O.C2H6/c1-12-15(3-2-4-16(12)23)22(30)29-10-13-8-28(9-14(13)11-29)21-7-26-19-5-17(24)18(25)6-20(19)27-21;1-2/h2-7,13-14H,8-11H2,1H3;1-2H3. The minimum Gasteiger partial charge on any atom is -0.355 e. The summed E-state index contributed by atoms with van der Waals surface area (Å²) in [4.78, 5) is 25.4. The maximum Gasteiger partial charge on any atom is 0.254 e. The second-order valence-corrected chi connectivity index (χ2v) is 8.03. The van der Waals surface area contributed by atoms with Crippen molar-refractivity contribution < 1.29 is 18.0 Å². The van der Waals surface area contributed by atoms with Crippen LogP contribution < -0.4 is 4.90 Å². The predicted octanol–water partition coefficient (Wildman–Crippen LogP) is 4.59. The Morgan fingerprint density at radius 2 is 1.56 bits per heavy atom. The number of halogens is 3. The first-order chi connectivity index (χ1) is 15.4. The first-order valence-corrected chi connectivity index (χ1v) is 10.8. The maximum atomic E-state index is 13.8. The predicted molar refractivity (Wildman–Crippen MR) is 117 cm³/mol. The minimum atomic E-state index is -0.950. The number of likely N-dealkylation sites (tertiary alicyclic amines) is 1. The monoisotopic (exact) mass is 442 g/mol.